The average Bonchev–Trinajstić information content (AvgIpc) is 2.81. The molecule has 2 aromatic carbocycles. The minimum absolute atomic E-state index is 0.149. The van der Waals surface area contributed by atoms with Gasteiger partial charge in [0.05, 0.1) is 7.11 Å². The second kappa shape index (κ2) is 10.3. The molecule has 3 aromatic rings. The Morgan fingerprint density at radius 1 is 0.939 bits per heavy atom. The highest BCUT2D eigenvalue weighted by Crippen LogP contribution is 2.29. The Bertz CT molecular complexity index is 1130. The Morgan fingerprint density at radius 3 is 1.88 bits per heavy atom. The SMILES string of the molecule is COC(=O)[C@@](C)(NS(=O)(=O)c1ccccn1)C(Cc1ccc(C)cc1)Cc1ccc(C)cc1. The molecular weight excluding hydrogens is 436 g/mol. The van der Waals surface area contributed by atoms with Gasteiger partial charge in [0.25, 0.3) is 10.0 Å². The number of aromatic nitrogens is 1. The Labute approximate surface area is 196 Å². The number of hydrogen-bond donors (Lipinski definition) is 1. The van der Waals surface area contributed by atoms with Crippen LogP contribution in [0, 0.1) is 19.8 Å². The number of benzene rings is 2. The molecule has 0 amide bonds. The molecule has 7 heteroatoms. The normalized spacial score (nSPS) is 13.5. The fourth-order valence-corrected chi connectivity index (χ4v) is 5.21. The maximum Gasteiger partial charge on any atom is 0.327 e. The first-order valence-electron chi connectivity index (χ1n) is 10.8. The average molecular weight is 467 g/mol. The highest BCUT2D eigenvalue weighted by molar-refractivity contribution is 7.89. The molecule has 0 fully saturated rings. The summed E-state index contributed by atoms with van der Waals surface area (Å²) in [5.74, 6) is -1.07. The summed E-state index contributed by atoms with van der Waals surface area (Å²) in [6, 6.07) is 20.7. The molecule has 0 unspecified atom stereocenters. The zero-order chi connectivity index (χ0) is 24.1. The van der Waals surface area contributed by atoms with Crippen LogP contribution in [0.25, 0.3) is 0 Å². The van der Waals surface area contributed by atoms with Crippen LogP contribution in [-0.4, -0.2) is 32.0 Å². The number of aryl methyl sites for hydroxylation is 2. The lowest BCUT2D eigenvalue weighted by Crippen LogP contribution is -2.58. The first-order valence-corrected chi connectivity index (χ1v) is 12.3. The molecule has 0 saturated heterocycles. The van der Waals surface area contributed by atoms with Crippen LogP contribution in [0.15, 0.2) is 78.0 Å². The molecule has 3 rings (SSSR count). The lowest BCUT2D eigenvalue weighted by atomic mass is 9.78. The van der Waals surface area contributed by atoms with Crippen molar-refractivity contribution in [1.29, 1.82) is 0 Å². The summed E-state index contributed by atoms with van der Waals surface area (Å²) in [5, 5.41) is -0.149. The lowest BCUT2D eigenvalue weighted by Gasteiger charge is -2.36. The van der Waals surface area contributed by atoms with E-state index in [1.165, 1.54) is 19.4 Å². The van der Waals surface area contributed by atoms with Crippen LogP contribution in [0.1, 0.15) is 29.2 Å². The summed E-state index contributed by atoms with van der Waals surface area (Å²) in [5.41, 5.74) is 2.73. The van der Waals surface area contributed by atoms with Crippen molar-refractivity contribution in [1.82, 2.24) is 9.71 Å². The summed E-state index contributed by atoms with van der Waals surface area (Å²) in [6.45, 7) is 5.60. The molecule has 1 atom stereocenters. The quantitative estimate of drug-likeness (QED) is 0.482. The second-order valence-electron chi connectivity index (χ2n) is 8.54. The van der Waals surface area contributed by atoms with E-state index in [4.69, 9.17) is 4.74 Å². The minimum Gasteiger partial charge on any atom is -0.468 e. The zero-order valence-corrected chi connectivity index (χ0v) is 20.2. The third-order valence-electron chi connectivity index (χ3n) is 5.89. The van der Waals surface area contributed by atoms with Crippen molar-refractivity contribution in [2.45, 2.75) is 44.2 Å². The number of nitrogens with zero attached hydrogens (tertiary/aromatic N) is 1. The Hall–Kier alpha value is -3.03. The van der Waals surface area contributed by atoms with Crippen LogP contribution in [0.3, 0.4) is 0 Å². The summed E-state index contributed by atoms with van der Waals surface area (Å²) in [6.07, 6.45) is 2.36. The topological polar surface area (TPSA) is 85.4 Å². The Morgan fingerprint density at radius 2 is 1.45 bits per heavy atom. The molecule has 0 spiro atoms. The Kier molecular flexibility index (Phi) is 7.66. The van der Waals surface area contributed by atoms with E-state index in [0.717, 1.165) is 22.3 Å². The molecule has 0 aliphatic carbocycles. The number of nitrogens with one attached hydrogen (secondary N) is 1. The molecule has 6 nitrogen and oxygen atoms in total. The van der Waals surface area contributed by atoms with E-state index in [2.05, 4.69) is 9.71 Å². The molecule has 0 aliphatic rings. The van der Waals surface area contributed by atoms with Gasteiger partial charge in [0.2, 0.25) is 0 Å². The van der Waals surface area contributed by atoms with Crippen molar-refractivity contribution in [2.75, 3.05) is 7.11 Å². The maximum absolute atomic E-state index is 13.2. The standard InChI is InChI=1S/C26H30N2O4S/c1-19-8-12-21(13-9-19)17-23(18-22-14-10-20(2)11-15-22)26(3,25(29)32-4)28-33(30,31)24-7-5-6-16-27-24/h5-16,23,28H,17-18H2,1-4H3/t26-/m0/s1. The minimum atomic E-state index is -4.08. The van der Waals surface area contributed by atoms with Gasteiger partial charge in [0.1, 0.15) is 5.54 Å². The monoisotopic (exact) mass is 466 g/mol. The van der Waals surface area contributed by atoms with E-state index in [1.54, 1.807) is 19.1 Å². The molecule has 0 bridgehead atoms. The van der Waals surface area contributed by atoms with Crippen molar-refractivity contribution in [2.24, 2.45) is 5.92 Å². The van der Waals surface area contributed by atoms with Crippen LogP contribution in [0.2, 0.25) is 0 Å². The molecule has 0 radical (unpaired) electrons. The third kappa shape index (κ3) is 6.06. The summed E-state index contributed by atoms with van der Waals surface area (Å²) >= 11 is 0. The van der Waals surface area contributed by atoms with E-state index >= 15 is 0 Å². The number of esters is 1. The number of ether oxygens (including phenoxy) is 1. The van der Waals surface area contributed by atoms with E-state index in [1.807, 2.05) is 62.4 Å². The zero-order valence-electron chi connectivity index (χ0n) is 19.4. The number of methoxy groups -OCH3 is 1. The highest BCUT2D eigenvalue weighted by atomic mass is 32.2. The van der Waals surface area contributed by atoms with Crippen LogP contribution >= 0.6 is 0 Å². The number of pyridine rings is 1. The van der Waals surface area contributed by atoms with Gasteiger partial charge in [-0.2, -0.15) is 4.72 Å². The van der Waals surface area contributed by atoms with E-state index in [0.29, 0.717) is 12.8 Å². The number of hydrogen-bond acceptors (Lipinski definition) is 5. The van der Waals surface area contributed by atoms with Crippen LogP contribution in [-0.2, 0) is 32.4 Å². The van der Waals surface area contributed by atoms with Crippen molar-refractivity contribution >= 4 is 16.0 Å². The summed E-state index contributed by atoms with van der Waals surface area (Å²) in [7, 11) is -2.81. The van der Waals surface area contributed by atoms with Crippen LogP contribution in [0.4, 0.5) is 0 Å². The number of carbonyl (C=O) groups excluding carboxylic acids is 1. The van der Waals surface area contributed by atoms with Crippen LogP contribution < -0.4 is 4.72 Å². The molecule has 0 saturated carbocycles. The molecule has 33 heavy (non-hydrogen) atoms. The van der Waals surface area contributed by atoms with Gasteiger partial charge in [-0.3, -0.25) is 4.79 Å². The highest BCUT2D eigenvalue weighted by Gasteiger charge is 2.46. The molecule has 174 valence electrons. The van der Waals surface area contributed by atoms with Gasteiger partial charge >= 0.3 is 5.97 Å². The van der Waals surface area contributed by atoms with E-state index < -0.39 is 27.4 Å². The molecule has 1 heterocycles. The predicted octanol–water partition coefficient (Wildman–Crippen LogP) is 4.01. The van der Waals surface area contributed by atoms with Gasteiger partial charge in [-0.15, -0.1) is 0 Å². The van der Waals surface area contributed by atoms with Gasteiger partial charge < -0.3 is 4.74 Å². The number of sulfonamides is 1. The van der Waals surface area contributed by atoms with Gasteiger partial charge in [0, 0.05) is 6.20 Å². The first kappa shape index (κ1) is 24.6. The molecule has 0 aliphatic heterocycles. The number of rotatable bonds is 9. The van der Waals surface area contributed by atoms with Gasteiger partial charge in [-0.1, -0.05) is 65.7 Å². The summed E-state index contributed by atoms with van der Waals surface area (Å²) < 4.78 is 34.1. The van der Waals surface area contributed by atoms with Gasteiger partial charge in [-0.05, 0) is 62.8 Å². The van der Waals surface area contributed by atoms with Crippen molar-refractivity contribution in [3.8, 4) is 0 Å². The molecule has 1 N–H and O–H groups in total. The van der Waals surface area contributed by atoms with E-state index in [9.17, 15) is 13.2 Å². The summed E-state index contributed by atoms with van der Waals surface area (Å²) in [4.78, 5) is 17.1. The van der Waals surface area contributed by atoms with Crippen LogP contribution in [0.5, 0.6) is 0 Å². The third-order valence-corrected chi connectivity index (χ3v) is 7.38. The maximum atomic E-state index is 13.2. The fourth-order valence-electron chi connectivity index (χ4n) is 3.84. The molecule has 1 aromatic heterocycles. The number of carbonyl (C=O) groups is 1. The lowest BCUT2D eigenvalue weighted by molar-refractivity contribution is -0.149. The van der Waals surface area contributed by atoms with E-state index in [-0.39, 0.29) is 5.03 Å². The largest absolute Gasteiger partial charge is 0.468 e. The van der Waals surface area contributed by atoms with Gasteiger partial charge in [0.15, 0.2) is 5.03 Å². The Balaban J connectivity index is 2.04. The molecular formula is C26H30N2O4S. The first-order chi connectivity index (χ1) is 15.6. The fraction of sp³-hybridized carbons (Fsp3) is 0.308. The van der Waals surface area contributed by atoms with Gasteiger partial charge in [-0.25, -0.2) is 13.4 Å². The van der Waals surface area contributed by atoms with Crippen molar-refractivity contribution in [3.63, 3.8) is 0 Å². The smallest absolute Gasteiger partial charge is 0.327 e. The van der Waals surface area contributed by atoms with Crippen molar-refractivity contribution in [3.05, 3.63) is 95.2 Å². The predicted molar refractivity (Wildman–Crippen MR) is 128 cm³/mol. The second-order valence-corrected chi connectivity index (χ2v) is 10.2. The van der Waals surface area contributed by atoms with Crippen molar-refractivity contribution < 1.29 is 17.9 Å².